The summed E-state index contributed by atoms with van der Waals surface area (Å²) in [6, 6.07) is 0. The lowest BCUT2D eigenvalue weighted by Gasteiger charge is -2.27. The molecule has 0 unspecified atom stereocenters. The molecule has 0 bridgehead atoms. The lowest BCUT2D eigenvalue weighted by Crippen LogP contribution is -2.41. The Labute approximate surface area is 96.7 Å². The molecule has 0 aromatic rings. The maximum atomic E-state index is 10.6. The van der Waals surface area contributed by atoms with Crippen molar-refractivity contribution < 1.29 is 15.0 Å². The number of hydrogen-bond donors (Lipinski definition) is 2. The minimum absolute atomic E-state index is 0.121. The summed E-state index contributed by atoms with van der Waals surface area (Å²) in [4.78, 5) is 14.7. The van der Waals surface area contributed by atoms with Gasteiger partial charge in [-0.1, -0.05) is 0 Å². The van der Waals surface area contributed by atoms with Crippen molar-refractivity contribution in [1.29, 1.82) is 0 Å². The first-order valence-electron chi connectivity index (χ1n) is 5.76. The smallest absolute Gasteiger partial charge is 0.317 e. The van der Waals surface area contributed by atoms with Gasteiger partial charge in [0.15, 0.2) is 0 Å². The van der Waals surface area contributed by atoms with E-state index in [-0.39, 0.29) is 6.54 Å². The first-order chi connectivity index (χ1) is 7.37. The van der Waals surface area contributed by atoms with Crippen molar-refractivity contribution in [2.45, 2.75) is 25.9 Å². The van der Waals surface area contributed by atoms with Gasteiger partial charge >= 0.3 is 5.97 Å². The van der Waals surface area contributed by atoms with Gasteiger partial charge in [0.1, 0.15) is 0 Å². The average molecular weight is 230 g/mol. The molecule has 1 saturated heterocycles. The maximum Gasteiger partial charge on any atom is 0.317 e. The van der Waals surface area contributed by atoms with E-state index < -0.39 is 11.6 Å². The van der Waals surface area contributed by atoms with E-state index in [1.165, 1.54) is 0 Å². The molecule has 0 aromatic carbocycles. The van der Waals surface area contributed by atoms with Gasteiger partial charge in [0.2, 0.25) is 0 Å². The van der Waals surface area contributed by atoms with Crippen LogP contribution in [0, 0.1) is 0 Å². The van der Waals surface area contributed by atoms with Crippen LogP contribution in [-0.2, 0) is 4.79 Å². The third-order valence-electron chi connectivity index (χ3n) is 2.65. The molecule has 16 heavy (non-hydrogen) atoms. The van der Waals surface area contributed by atoms with Crippen molar-refractivity contribution in [2.24, 2.45) is 0 Å². The van der Waals surface area contributed by atoms with Crippen LogP contribution in [0.15, 0.2) is 0 Å². The SMILES string of the molecule is CC(C)(O)CN1CCCN(CC(=O)O)CC1. The summed E-state index contributed by atoms with van der Waals surface area (Å²) in [6.07, 6.45) is 0.962. The molecule has 1 aliphatic rings. The van der Waals surface area contributed by atoms with Crippen LogP contribution in [-0.4, -0.2) is 70.9 Å². The largest absolute Gasteiger partial charge is 0.480 e. The highest BCUT2D eigenvalue weighted by atomic mass is 16.4. The van der Waals surface area contributed by atoms with Gasteiger partial charge in [-0.15, -0.1) is 0 Å². The molecule has 0 aliphatic carbocycles. The van der Waals surface area contributed by atoms with Crippen molar-refractivity contribution in [3.63, 3.8) is 0 Å². The number of β-amino-alcohol motifs (C(OH)–C–C–N with tert-alkyl or cyclic N) is 1. The molecule has 0 radical (unpaired) electrons. The van der Waals surface area contributed by atoms with E-state index in [0.29, 0.717) is 6.54 Å². The maximum absolute atomic E-state index is 10.6. The van der Waals surface area contributed by atoms with Crippen LogP contribution in [0.1, 0.15) is 20.3 Å². The van der Waals surface area contributed by atoms with Crippen LogP contribution < -0.4 is 0 Å². The molecule has 1 rings (SSSR count). The van der Waals surface area contributed by atoms with Gasteiger partial charge in [0.25, 0.3) is 0 Å². The Bertz CT molecular complexity index is 238. The number of carboxylic acid groups (broad SMARTS) is 1. The summed E-state index contributed by atoms with van der Waals surface area (Å²) in [5, 5.41) is 18.4. The first-order valence-corrected chi connectivity index (χ1v) is 5.76. The quantitative estimate of drug-likeness (QED) is 0.703. The third-order valence-corrected chi connectivity index (χ3v) is 2.65. The average Bonchev–Trinajstić information content (AvgIpc) is 2.27. The molecule has 1 heterocycles. The Hall–Kier alpha value is -0.650. The highest BCUT2D eigenvalue weighted by Crippen LogP contribution is 2.08. The number of carboxylic acids is 1. The normalized spacial score (nSPS) is 20.7. The molecule has 94 valence electrons. The van der Waals surface area contributed by atoms with Gasteiger partial charge in [-0.3, -0.25) is 14.6 Å². The molecule has 1 fully saturated rings. The zero-order valence-electron chi connectivity index (χ0n) is 10.1. The summed E-state index contributed by atoms with van der Waals surface area (Å²) < 4.78 is 0. The molecular weight excluding hydrogens is 208 g/mol. The van der Waals surface area contributed by atoms with E-state index in [0.717, 1.165) is 32.6 Å². The zero-order valence-corrected chi connectivity index (χ0v) is 10.1. The summed E-state index contributed by atoms with van der Waals surface area (Å²) in [6.45, 7) is 7.72. The van der Waals surface area contributed by atoms with E-state index >= 15 is 0 Å². The van der Waals surface area contributed by atoms with Gasteiger partial charge in [-0.05, 0) is 26.8 Å². The van der Waals surface area contributed by atoms with Crippen LogP contribution in [0.2, 0.25) is 0 Å². The highest BCUT2D eigenvalue weighted by Gasteiger charge is 2.21. The minimum atomic E-state index is -0.768. The number of rotatable bonds is 4. The molecule has 0 amide bonds. The second-order valence-corrected chi connectivity index (χ2v) is 5.11. The minimum Gasteiger partial charge on any atom is -0.480 e. The van der Waals surface area contributed by atoms with Crippen molar-refractivity contribution in [3.8, 4) is 0 Å². The van der Waals surface area contributed by atoms with E-state index in [4.69, 9.17) is 5.11 Å². The zero-order chi connectivity index (χ0) is 12.2. The Morgan fingerprint density at radius 3 is 2.31 bits per heavy atom. The van der Waals surface area contributed by atoms with Gasteiger partial charge in [0, 0.05) is 26.2 Å². The topological polar surface area (TPSA) is 64.0 Å². The fourth-order valence-electron chi connectivity index (χ4n) is 2.08. The predicted molar refractivity (Wildman–Crippen MR) is 61.4 cm³/mol. The first kappa shape index (κ1) is 13.4. The standard InChI is InChI=1S/C11H22N2O3/c1-11(2,16)9-13-5-3-4-12(6-7-13)8-10(14)15/h16H,3-9H2,1-2H3,(H,14,15). The van der Waals surface area contributed by atoms with Gasteiger partial charge in [0.05, 0.1) is 12.1 Å². The second-order valence-electron chi connectivity index (χ2n) is 5.11. The van der Waals surface area contributed by atoms with Crippen molar-refractivity contribution in [2.75, 3.05) is 39.3 Å². The fraction of sp³-hybridized carbons (Fsp3) is 0.909. The lowest BCUT2D eigenvalue weighted by atomic mass is 10.1. The van der Waals surface area contributed by atoms with E-state index in [9.17, 15) is 9.90 Å². The Kier molecular flexibility index (Phi) is 4.70. The summed E-state index contributed by atoms with van der Waals surface area (Å²) in [7, 11) is 0. The van der Waals surface area contributed by atoms with Crippen LogP contribution in [0.5, 0.6) is 0 Å². The van der Waals surface area contributed by atoms with Gasteiger partial charge < -0.3 is 10.2 Å². The second kappa shape index (κ2) is 5.61. The summed E-state index contributed by atoms with van der Waals surface area (Å²) in [5.41, 5.74) is -0.679. The monoisotopic (exact) mass is 230 g/mol. The molecule has 0 atom stereocenters. The molecule has 1 aliphatic heterocycles. The van der Waals surface area contributed by atoms with E-state index in [1.54, 1.807) is 13.8 Å². The predicted octanol–water partition coefficient (Wildman–Crippen LogP) is -0.150. The van der Waals surface area contributed by atoms with Crippen LogP contribution in [0.4, 0.5) is 0 Å². The van der Waals surface area contributed by atoms with E-state index in [2.05, 4.69) is 4.90 Å². The van der Waals surface area contributed by atoms with Gasteiger partial charge in [-0.2, -0.15) is 0 Å². The van der Waals surface area contributed by atoms with Crippen molar-refractivity contribution in [1.82, 2.24) is 9.80 Å². The number of nitrogens with zero attached hydrogens (tertiary/aromatic N) is 2. The molecule has 0 spiro atoms. The number of aliphatic hydroxyl groups is 1. The molecule has 0 saturated carbocycles. The van der Waals surface area contributed by atoms with E-state index in [1.807, 2.05) is 4.90 Å². The molecule has 2 N–H and O–H groups in total. The van der Waals surface area contributed by atoms with Crippen molar-refractivity contribution in [3.05, 3.63) is 0 Å². The fourth-order valence-corrected chi connectivity index (χ4v) is 2.08. The number of aliphatic carboxylic acids is 1. The Morgan fingerprint density at radius 2 is 1.75 bits per heavy atom. The number of carbonyl (C=O) groups is 1. The summed E-state index contributed by atoms with van der Waals surface area (Å²) in [5.74, 6) is -0.768. The molecular formula is C11H22N2O3. The Balaban J connectivity index is 2.37. The highest BCUT2D eigenvalue weighted by molar-refractivity contribution is 5.69. The summed E-state index contributed by atoms with van der Waals surface area (Å²) >= 11 is 0. The lowest BCUT2D eigenvalue weighted by molar-refractivity contribution is -0.138. The molecule has 0 aromatic heterocycles. The molecule has 5 nitrogen and oxygen atoms in total. The van der Waals surface area contributed by atoms with Crippen LogP contribution in [0.25, 0.3) is 0 Å². The van der Waals surface area contributed by atoms with Crippen LogP contribution >= 0.6 is 0 Å². The Morgan fingerprint density at radius 1 is 1.19 bits per heavy atom. The van der Waals surface area contributed by atoms with Gasteiger partial charge in [-0.25, -0.2) is 0 Å². The van der Waals surface area contributed by atoms with Crippen LogP contribution in [0.3, 0.4) is 0 Å². The third kappa shape index (κ3) is 5.44. The van der Waals surface area contributed by atoms with Crippen molar-refractivity contribution >= 4 is 5.97 Å². The molecule has 5 heteroatoms. The number of hydrogen-bond acceptors (Lipinski definition) is 4.